The Hall–Kier alpha value is -1.13. The zero-order chi connectivity index (χ0) is 11.4. The molecule has 1 fully saturated rings. The molecule has 88 valence electrons. The highest BCUT2D eigenvalue weighted by atomic mass is 19.1. The molecule has 1 aromatic carbocycles. The predicted molar refractivity (Wildman–Crippen MR) is 58.7 cm³/mol. The quantitative estimate of drug-likeness (QED) is 0.821. The third-order valence-electron chi connectivity index (χ3n) is 2.75. The van der Waals surface area contributed by atoms with Crippen LogP contribution in [0.25, 0.3) is 0 Å². The van der Waals surface area contributed by atoms with Crippen LogP contribution in [-0.4, -0.2) is 24.4 Å². The highest BCUT2D eigenvalue weighted by molar-refractivity contribution is 5.32. The van der Waals surface area contributed by atoms with Crippen LogP contribution in [0.5, 0.6) is 5.75 Å². The topological polar surface area (TPSA) is 41.5 Å². The molecule has 0 spiro atoms. The second-order valence-corrected chi connectivity index (χ2v) is 4.04. The first-order valence-electron chi connectivity index (χ1n) is 5.55. The number of ether oxygens (including phenoxy) is 1. The summed E-state index contributed by atoms with van der Waals surface area (Å²) in [4.78, 5) is 0. The van der Waals surface area contributed by atoms with Crippen molar-refractivity contribution in [3.05, 3.63) is 29.6 Å². The fourth-order valence-corrected chi connectivity index (χ4v) is 1.87. The van der Waals surface area contributed by atoms with Gasteiger partial charge in [0.2, 0.25) is 0 Å². The Balaban J connectivity index is 1.82. The van der Waals surface area contributed by atoms with E-state index in [1.807, 2.05) is 0 Å². The summed E-state index contributed by atoms with van der Waals surface area (Å²) in [6, 6.07) is 3.97. The molecule has 0 bridgehead atoms. The molecule has 16 heavy (non-hydrogen) atoms. The maximum atomic E-state index is 12.9. The van der Waals surface area contributed by atoms with Crippen LogP contribution in [0, 0.1) is 5.82 Å². The molecule has 3 nitrogen and oxygen atoms in total. The van der Waals surface area contributed by atoms with E-state index in [9.17, 15) is 9.50 Å². The Morgan fingerprint density at radius 2 is 2.38 bits per heavy atom. The van der Waals surface area contributed by atoms with Gasteiger partial charge in [0, 0.05) is 25.3 Å². The van der Waals surface area contributed by atoms with Gasteiger partial charge in [0.25, 0.3) is 0 Å². The first-order chi connectivity index (χ1) is 7.75. The van der Waals surface area contributed by atoms with Gasteiger partial charge in [-0.15, -0.1) is 0 Å². The van der Waals surface area contributed by atoms with Crippen molar-refractivity contribution in [2.75, 3.05) is 13.2 Å². The molecule has 2 rings (SSSR count). The lowest BCUT2D eigenvalue weighted by Gasteiger charge is -2.11. The molecule has 1 aliphatic heterocycles. The first kappa shape index (κ1) is 11.4. The Morgan fingerprint density at radius 1 is 1.50 bits per heavy atom. The van der Waals surface area contributed by atoms with E-state index in [0.717, 1.165) is 26.0 Å². The average molecular weight is 225 g/mol. The predicted octanol–water partition coefficient (Wildman–Crippen LogP) is 1.80. The van der Waals surface area contributed by atoms with Gasteiger partial charge in [-0.25, -0.2) is 4.39 Å². The van der Waals surface area contributed by atoms with Gasteiger partial charge < -0.3 is 15.2 Å². The minimum absolute atomic E-state index is 0.126. The number of aromatic hydroxyl groups is 1. The van der Waals surface area contributed by atoms with Gasteiger partial charge in [-0.2, -0.15) is 0 Å². The van der Waals surface area contributed by atoms with E-state index in [1.165, 1.54) is 18.2 Å². The van der Waals surface area contributed by atoms with Crippen LogP contribution < -0.4 is 5.32 Å². The van der Waals surface area contributed by atoms with Crippen molar-refractivity contribution in [1.82, 2.24) is 5.32 Å². The molecule has 0 radical (unpaired) electrons. The highest BCUT2D eigenvalue weighted by Crippen LogP contribution is 2.17. The van der Waals surface area contributed by atoms with Crippen molar-refractivity contribution < 1.29 is 14.2 Å². The van der Waals surface area contributed by atoms with Crippen molar-refractivity contribution in [1.29, 1.82) is 0 Å². The summed E-state index contributed by atoms with van der Waals surface area (Å²) in [5, 5.41) is 12.6. The molecule has 4 heteroatoms. The molecule has 1 aliphatic rings. The van der Waals surface area contributed by atoms with Crippen LogP contribution in [0.2, 0.25) is 0 Å². The van der Waals surface area contributed by atoms with E-state index in [4.69, 9.17) is 4.74 Å². The molecular formula is C12H16FNO2. The molecular weight excluding hydrogens is 209 g/mol. The standard InChI is InChI=1S/C12H16FNO2/c13-10-3-4-12(15)9(6-10)7-14-8-11-2-1-5-16-11/h3-4,6,11,14-15H,1-2,5,7-8H2/t11-/m1/s1. The Labute approximate surface area is 94.2 Å². The largest absolute Gasteiger partial charge is 0.508 e. The number of phenolic OH excluding ortho intramolecular Hbond substituents is 1. The summed E-state index contributed by atoms with van der Waals surface area (Å²) in [6.45, 7) is 2.04. The number of rotatable bonds is 4. The average Bonchev–Trinajstić information content (AvgIpc) is 2.76. The maximum absolute atomic E-state index is 12.9. The molecule has 0 amide bonds. The van der Waals surface area contributed by atoms with Gasteiger partial charge in [0.05, 0.1) is 6.10 Å². The van der Waals surface area contributed by atoms with Gasteiger partial charge in [0.1, 0.15) is 11.6 Å². The summed E-state index contributed by atoms with van der Waals surface area (Å²) in [7, 11) is 0. The lowest BCUT2D eigenvalue weighted by Crippen LogP contribution is -2.25. The van der Waals surface area contributed by atoms with Gasteiger partial charge in [-0.05, 0) is 31.0 Å². The zero-order valence-corrected chi connectivity index (χ0v) is 9.08. The second kappa shape index (κ2) is 5.27. The summed E-state index contributed by atoms with van der Waals surface area (Å²) < 4.78 is 18.4. The van der Waals surface area contributed by atoms with Crippen LogP contribution in [0.4, 0.5) is 4.39 Å². The van der Waals surface area contributed by atoms with E-state index < -0.39 is 0 Å². The van der Waals surface area contributed by atoms with E-state index >= 15 is 0 Å². The molecule has 0 saturated carbocycles. The SMILES string of the molecule is Oc1ccc(F)cc1CNC[C@H]1CCCO1. The van der Waals surface area contributed by atoms with Gasteiger partial charge in [-0.3, -0.25) is 0 Å². The van der Waals surface area contributed by atoms with Crippen molar-refractivity contribution in [2.24, 2.45) is 0 Å². The van der Waals surface area contributed by atoms with Crippen LogP contribution in [0.15, 0.2) is 18.2 Å². The van der Waals surface area contributed by atoms with Crippen LogP contribution >= 0.6 is 0 Å². The molecule has 0 aliphatic carbocycles. The van der Waals surface area contributed by atoms with Crippen molar-refractivity contribution in [3.63, 3.8) is 0 Å². The third-order valence-corrected chi connectivity index (χ3v) is 2.75. The van der Waals surface area contributed by atoms with E-state index in [2.05, 4.69) is 5.32 Å². The molecule has 1 atom stereocenters. The number of hydrogen-bond donors (Lipinski definition) is 2. The molecule has 1 saturated heterocycles. The summed E-state index contributed by atoms with van der Waals surface area (Å²) >= 11 is 0. The fourth-order valence-electron chi connectivity index (χ4n) is 1.87. The number of halogens is 1. The van der Waals surface area contributed by atoms with Crippen LogP contribution in [-0.2, 0) is 11.3 Å². The van der Waals surface area contributed by atoms with Gasteiger partial charge >= 0.3 is 0 Å². The normalized spacial score (nSPS) is 20.2. The highest BCUT2D eigenvalue weighted by Gasteiger charge is 2.14. The number of phenols is 1. The second-order valence-electron chi connectivity index (χ2n) is 4.04. The zero-order valence-electron chi connectivity index (χ0n) is 9.08. The Morgan fingerprint density at radius 3 is 3.12 bits per heavy atom. The van der Waals surface area contributed by atoms with E-state index in [-0.39, 0.29) is 17.7 Å². The van der Waals surface area contributed by atoms with E-state index in [1.54, 1.807) is 0 Å². The third kappa shape index (κ3) is 2.93. The Kier molecular flexibility index (Phi) is 3.74. The Bertz CT molecular complexity index is 351. The molecule has 1 aromatic rings. The number of nitrogens with one attached hydrogen (secondary N) is 1. The number of benzene rings is 1. The monoisotopic (exact) mass is 225 g/mol. The summed E-state index contributed by atoms with van der Waals surface area (Å²) in [5.74, 6) is -0.201. The van der Waals surface area contributed by atoms with Crippen molar-refractivity contribution in [3.8, 4) is 5.75 Å². The molecule has 1 heterocycles. The van der Waals surface area contributed by atoms with Gasteiger partial charge in [-0.1, -0.05) is 0 Å². The fraction of sp³-hybridized carbons (Fsp3) is 0.500. The van der Waals surface area contributed by atoms with Gasteiger partial charge in [0.15, 0.2) is 0 Å². The lowest BCUT2D eigenvalue weighted by atomic mass is 10.2. The van der Waals surface area contributed by atoms with Crippen LogP contribution in [0.3, 0.4) is 0 Å². The van der Waals surface area contributed by atoms with Crippen molar-refractivity contribution >= 4 is 0 Å². The minimum atomic E-state index is -0.327. The van der Waals surface area contributed by atoms with Crippen molar-refractivity contribution in [2.45, 2.75) is 25.5 Å². The number of hydrogen-bond acceptors (Lipinski definition) is 3. The lowest BCUT2D eigenvalue weighted by molar-refractivity contribution is 0.110. The summed E-state index contributed by atoms with van der Waals surface area (Å²) in [5.41, 5.74) is 0.581. The molecule has 2 N–H and O–H groups in total. The van der Waals surface area contributed by atoms with E-state index in [0.29, 0.717) is 12.1 Å². The maximum Gasteiger partial charge on any atom is 0.123 e. The first-order valence-corrected chi connectivity index (χ1v) is 5.55. The summed E-state index contributed by atoms with van der Waals surface area (Å²) in [6.07, 6.45) is 2.44. The minimum Gasteiger partial charge on any atom is -0.508 e. The molecule has 0 unspecified atom stereocenters. The molecule has 0 aromatic heterocycles. The van der Waals surface area contributed by atoms with Crippen LogP contribution in [0.1, 0.15) is 18.4 Å². The smallest absolute Gasteiger partial charge is 0.123 e.